The fraction of sp³-hybridized carbons (Fsp3) is 0.381. The van der Waals surface area contributed by atoms with E-state index < -0.39 is 0 Å². The van der Waals surface area contributed by atoms with Gasteiger partial charge in [0, 0.05) is 23.8 Å². The van der Waals surface area contributed by atoms with Crippen LogP contribution in [0, 0.1) is 0 Å². The van der Waals surface area contributed by atoms with Crippen LogP contribution in [0.25, 0.3) is 0 Å². The van der Waals surface area contributed by atoms with E-state index in [4.69, 9.17) is 33.3 Å². The standard InChI is InChI=1S/C21H27ClN2O2S/c1-4-13-24(21(27)23-18-10-8-17(22)9-11-18)15-16-7-12-19(25-5-2)20(14-16)26-6-3/h7-12,14H,4-6,13,15H2,1-3H3,(H,23,27). The van der Waals surface area contributed by atoms with Crippen molar-refractivity contribution in [3.63, 3.8) is 0 Å². The Morgan fingerprint density at radius 3 is 2.30 bits per heavy atom. The second-order valence-corrected chi connectivity index (χ2v) is 6.83. The summed E-state index contributed by atoms with van der Waals surface area (Å²) in [5, 5.41) is 4.68. The molecule has 0 saturated heterocycles. The van der Waals surface area contributed by atoms with Crippen LogP contribution in [0.2, 0.25) is 5.02 Å². The number of hydrogen-bond donors (Lipinski definition) is 1. The summed E-state index contributed by atoms with van der Waals surface area (Å²) in [7, 11) is 0. The Hall–Kier alpha value is -1.98. The molecule has 0 fully saturated rings. The van der Waals surface area contributed by atoms with Gasteiger partial charge in [-0.15, -0.1) is 0 Å². The molecule has 0 amide bonds. The summed E-state index contributed by atoms with van der Waals surface area (Å²) in [6.45, 7) is 8.83. The molecule has 27 heavy (non-hydrogen) atoms. The van der Waals surface area contributed by atoms with Crippen LogP contribution in [0.1, 0.15) is 32.8 Å². The van der Waals surface area contributed by atoms with E-state index in [1.807, 2.05) is 50.2 Å². The van der Waals surface area contributed by atoms with Crippen molar-refractivity contribution in [1.29, 1.82) is 0 Å². The zero-order valence-corrected chi connectivity index (χ0v) is 17.7. The van der Waals surface area contributed by atoms with Crippen molar-refractivity contribution in [3.8, 4) is 11.5 Å². The van der Waals surface area contributed by atoms with Gasteiger partial charge in [0.15, 0.2) is 16.6 Å². The molecule has 146 valence electrons. The molecule has 2 aromatic carbocycles. The average Bonchev–Trinajstić information content (AvgIpc) is 2.65. The monoisotopic (exact) mass is 406 g/mol. The molecule has 2 rings (SSSR count). The molecule has 0 spiro atoms. The van der Waals surface area contributed by atoms with Crippen LogP contribution in [0.3, 0.4) is 0 Å². The van der Waals surface area contributed by atoms with Crippen molar-refractivity contribution in [3.05, 3.63) is 53.1 Å². The van der Waals surface area contributed by atoms with Crippen LogP contribution in [0.15, 0.2) is 42.5 Å². The van der Waals surface area contributed by atoms with E-state index in [9.17, 15) is 0 Å². The molecule has 0 atom stereocenters. The molecule has 1 N–H and O–H groups in total. The molecular weight excluding hydrogens is 380 g/mol. The number of ether oxygens (including phenoxy) is 2. The average molecular weight is 407 g/mol. The fourth-order valence-corrected chi connectivity index (χ4v) is 3.07. The lowest BCUT2D eigenvalue weighted by Gasteiger charge is -2.26. The van der Waals surface area contributed by atoms with Crippen LogP contribution in [-0.2, 0) is 6.54 Å². The predicted molar refractivity (Wildman–Crippen MR) is 117 cm³/mol. The highest BCUT2D eigenvalue weighted by Gasteiger charge is 2.13. The Morgan fingerprint density at radius 2 is 1.67 bits per heavy atom. The van der Waals surface area contributed by atoms with Gasteiger partial charge in [-0.25, -0.2) is 0 Å². The van der Waals surface area contributed by atoms with Crippen molar-refractivity contribution < 1.29 is 9.47 Å². The summed E-state index contributed by atoms with van der Waals surface area (Å²) in [6.07, 6.45) is 0.998. The number of hydrogen-bond acceptors (Lipinski definition) is 3. The Labute approximate surface area is 172 Å². The van der Waals surface area contributed by atoms with Gasteiger partial charge < -0.3 is 19.7 Å². The third kappa shape index (κ3) is 6.60. The molecule has 0 bridgehead atoms. The van der Waals surface area contributed by atoms with E-state index in [0.717, 1.165) is 35.7 Å². The lowest BCUT2D eigenvalue weighted by atomic mass is 10.2. The molecule has 0 aromatic heterocycles. The molecule has 0 radical (unpaired) electrons. The van der Waals surface area contributed by atoms with E-state index in [1.54, 1.807) is 0 Å². The SMILES string of the molecule is CCCN(Cc1ccc(OCC)c(OCC)c1)C(=S)Nc1ccc(Cl)cc1. The van der Waals surface area contributed by atoms with E-state index in [-0.39, 0.29) is 0 Å². The molecule has 6 heteroatoms. The molecular formula is C21H27ClN2O2S. The maximum Gasteiger partial charge on any atom is 0.173 e. The van der Waals surface area contributed by atoms with Crippen molar-refractivity contribution in [2.75, 3.05) is 25.1 Å². The van der Waals surface area contributed by atoms with Gasteiger partial charge in [-0.05, 0) is 74.4 Å². The zero-order valence-electron chi connectivity index (χ0n) is 16.1. The van der Waals surface area contributed by atoms with Crippen LogP contribution >= 0.6 is 23.8 Å². The van der Waals surface area contributed by atoms with E-state index in [2.05, 4.69) is 23.2 Å². The third-order valence-electron chi connectivity index (χ3n) is 3.86. The summed E-state index contributed by atoms with van der Waals surface area (Å²) < 4.78 is 11.4. The van der Waals surface area contributed by atoms with Gasteiger partial charge in [0.05, 0.1) is 13.2 Å². The van der Waals surface area contributed by atoms with Crippen LogP contribution in [0.4, 0.5) is 5.69 Å². The minimum atomic E-state index is 0.596. The van der Waals surface area contributed by atoms with Gasteiger partial charge in [0.25, 0.3) is 0 Å². The molecule has 4 nitrogen and oxygen atoms in total. The Bertz CT molecular complexity index is 737. The highest BCUT2D eigenvalue weighted by atomic mass is 35.5. The first-order valence-electron chi connectivity index (χ1n) is 9.27. The van der Waals surface area contributed by atoms with Gasteiger partial charge in [-0.3, -0.25) is 0 Å². The third-order valence-corrected chi connectivity index (χ3v) is 4.47. The second kappa shape index (κ2) is 11.0. The van der Waals surface area contributed by atoms with Crippen LogP contribution in [-0.4, -0.2) is 29.8 Å². The Balaban J connectivity index is 2.13. The van der Waals surface area contributed by atoms with Gasteiger partial charge in [-0.2, -0.15) is 0 Å². The lowest BCUT2D eigenvalue weighted by molar-refractivity contribution is 0.287. The number of thiocarbonyl (C=S) groups is 1. The van der Waals surface area contributed by atoms with Crippen molar-refractivity contribution in [2.45, 2.75) is 33.7 Å². The van der Waals surface area contributed by atoms with Gasteiger partial charge in [-0.1, -0.05) is 24.6 Å². The molecule has 0 heterocycles. The number of halogens is 1. The van der Waals surface area contributed by atoms with Crippen molar-refractivity contribution >= 4 is 34.6 Å². The summed E-state index contributed by atoms with van der Waals surface area (Å²) in [6, 6.07) is 13.6. The summed E-state index contributed by atoms with van der Waals surface area (Å²) in [4.78, 5) is 2.15. The molecule has 0 unspecified atom stereocenters. The maximum atomic E-state index is 5.95. The fourth-order valence-electron chi connectivity index (χ4n) is 2.67. The Kier molecular flexibility index (Phi) is 8.69. The first-order valence-corrected chi connectivity index (χ1v) is 10.1. The smallest absolute Gasteiger partial charge is 0.173 e. The summed E-state index contributed by atoms with van der Waals surface area (Å²) >= 11 is 11.6. The van der Waals surface area contributed by atoms with Crippen molar-refractivity contribution in [1.82, 2.24) is 4.90 Å². The highest BCUT2D eigenvalue weighted by molar-refractivity contribution is 7.80. The number of rotatable bonds is 9. The van der Waals surface area contributed by atoms with Crippen LogP contribution in [0.5, 0.6) is 11.5 Å². The zero-order chi connectivity index (χ0) is 19.6. The van der Waals surface area contributed by atoms with Gasteiger partial charge in [0.1, 0.15) is 0 Å². The van der Waals surface area contributed by atoms with Gasteiger partial charge in [0.2, 0.25) is 0 Å². The van der Waals surface area contributed by atoms with Crippen molar-refractivity contribution in [2.24, 2.45) is 0 Å². The molecule has 0 saturated carbocycles. The maximum absolute atomic E-state index is 5.95. The normalized spacial score (nSPS) is 10.4. The van der Waals surface area contributed by atoms with E-state index >= 15 is 0 Å². The summed E-state index contributed by atoms with van der Waals surface area (Å²) in [5.41, 5.74) is 2.04. The largest absolute Gasteiger partial charge is 0.490 e. The molecule has 2 aromatic rings. The van der Waals surface area contributed by atoms with Gasteiger partial charge >= 0.3 is 0 Å². The molecule has 0 aliphatic rings. The first kappa shape index (κ1) is 21.3. The number of nitrogens with one attached hydrogen (secondary N) is 1. The Morgan fingerprint density at radius 1 is 1.00 bits per heavy atom. The minimum absolute atomic E-state index is 0.596. The summed E-state index contributed by atoms with van der Waals surface area (Å²) in [5.74, 6) is 1.54. The molecule has 0 aliphatic carbocycles. The quantitative estimate of drug-likeness (QED) is 0.536. The topological polar surface area (TPSA) is 33.7 Å². The first-order chi connectivity index (χ1) is 13.1. The number of anilines is 1. The predicted octanol–water partition coefficient (Wildman–Crippen LogP) is 5.75. The number of benzene rings is 2. The van der Waals surface area contributed by atoms with E-state index in [0.29, 0.717) is 29.9 Å². The second-order valence-electron chi connectivity index (χ2n) is 6.01. The number of nitrogens with zero attached hydrogens (tertiary/aromatic N) is 1. The molecule has 0 aliphatic heterocycles. The van der Waals surface area contributed by atoms with E-state index in [1.165, 1.54) is 0 Å². The highest BCUT2D eigenvalue weighted by Crippen LogP contribution is 2.29. The lowest BCUT2D eigenvalue weighted by Crippen LogP contribution is -2.34. The minimum Gasteiger partial charge on any atom is -0.490 e. The van der Waals surface area contributed by atoms with Crippen LogP contribution < -0.4 is 14.8 Å².